The first-order valence-electron chi connectivity index (χ1n) is 12.5. The number of carbonyl (C=O) groups is 2. The average Bonchev–Trinajstić information content (AvgIpc) is 2.83. The van der Waals surface area contributed by atoms with Crippen molar-refractivity contribution >= 4 is 50.7 Å². The van der Waals surface area contributed by atoms with Crippen LogP contribution in [0.15, 0.2) is 42.5 Å². The zero-order chi connectivity index (χ0) is 27.6. The Bertz CT molecular complexity index is 1150. The van der Waals surface area contributed by atoms with Crippen LogP contribution in [0.4, 0.5) is 5.69 Å². The summed E-state index contributed by atoms with van der Waals surface area (Å²) >= 11 is 12.8. The van der Waals surface area contributed by atoms with Gasteiger partial charge in [0, 0.05) is 41.7 Å². The zero-order valence-corrected chi connectivity index (χ0v) is 24.3. The van der Waals surface area contributed by atoms with E-state index in [0.717, 1.165) is 24.7 Å². The fourth-order valence-electron chi connectivity index (χ4n) is 4.11. The Morgan fingerprint density at radius 1 is 1.00 bits per heavy atom. The number of hydrogen-bond acceptors (Lipinski definition) is 4. The van der Waals surface area contributed by atoms with Crippen LogP contribution in [0.3, 0.4) is 0 Å². The van der Waals surface area contributed by atoms with Gasteiger partial charge in [0.1, 0.15) is 6.04 Å². The molecule has 2 rings (SSSR count). The van der Waals surface area contributed by atoms with Crippen LogP contribution < -0.4 is 9.62 Å². The lowest BCUT2D eigenvalue weighted by atomic mass is 10.1. The molecule has 0 aliphatic carbocycles. The van der Waals surface area contributed by atoms with Crippen LogP contribution in [0.25, 0.3) is 0 Å². The van der Waals surface area contributed by atoms with Crippen LogP contribution in [0.2, 0.25) is 10.0 Å². The van der Waals surface area contributed by atoms with Crippen molar-refractivity contribution in [1.29, 1.82) is 0 Å². The van der Waals surface area contributed by atoms with Gasteiger partial charge in [-0.1, -0.05) is 67.7 Å². The van der Waals surface area contributed by atoms with Crippen LogP contribution >= 0.6 is 23.2 Å². The third kappa shape index (κ3) is 8.90. The molecule has 1 atom stereocenters. The summed E-state index contributed by atoms with van der Waals surface area (Å²) in [6.45, 7) is 6.47. The molecule has 7 nitrogen and oxygen atoms in total. The van der Waals surface area contributed by atoms with Crippen molar-refractivity contribution in [3.05, 3.63) is 63.6 Å². The molecule has 0 aliphatic rings. The Kier molecular flexibility index (Phi) is 12.2. The van der Waals surface area contributed by atoms with E-state index in [1.807, 2.05) is 32.9 Å². The number of nitrogens with one attached hydrogen (secondary N) is 1. The molecule has 10 heteroatoms. The lowest BCUT2D eigenvalue weighted by Crippen LogP contribution is -2.49. The SMILES string of the molecule is CCCCNC(=O)[C@@H](CC)N(Cc1c(Cl)cccc1Cl)C(=O)CCCN(c1ccccc1C)S(C)(=O)=O. The Hall–Kier alpha value is -2.29. The Morgan fingerprint density at radius 2 is 1.65 bits per heavy atom. The molecule has 0 unspecified atom stereocenters. The second-order valence-electron chi connectivity index (χ2n) is 9.02. The summed E-state index contributed by atoms with van der Waals surface area (Å²) in [5.74, 6) is -0.503. The maximum atomic E-state index is 13.5. The molecule has 0 radical (unpaired) electrons. The molecular formula is C27H37Cl2N3O4S. The quantitative estimate of drug-likeness (QED) is 0.301. The van der Waals surface area contributed by atoms with E-state index >= 15 is 0 Å². The second kappa shape index (κ2) is 14.6. The highest BCUT2D eigenvalue weighted by Crippen LogP contribution is 2.28. The number of sulfonamides is 1. The summed E-state index contributed by atoms with van der Waals surface area (Å²) in [6.07, 6.45) is 3.67. The van der Waals surface area contributed by atoms with Gasteiger partial charge >= 0.3 is 0 Å². The van der Waals surface area contributed by atoms with Crippen LogP contribution in [-0.4, -0.2) is 50.5 Å². The van der Waals surface area contributed by atoms with Crippen molar-refractivity contribution < 1.29 is 18.0 Å². The predicted molar refractivity (Wildman–Crippen MR) is 152 cm³/mol. The minimum Gasteiger partial charge on any atom is -0.354 e. The highest BCUT2D eigenvalue weighted by molar-refractivity contribution is 7.92. The molecule has 2 amide bonds. The first-order valence-corrected chi connectivity index (χ1v) is 15.1. The van der Waals surface area contributed by atoms with E-state index in [1.54, 1.807) is 30.3 Å². The van der Waals surface area contributed by atoms with Crippen molar-refractivity contribution in [2.24, 2.45) is 0 Å². The molecule has 37 heavy (non-hydrogen) atoms. The molecule has 0 saturated carbocycles. The average molecular weight is 571 g/mol. The van der Waals surface area contributed by atoms with Crippen molar-refractivity contribution in [3.63, 3.8) is 0 Å². The summed E-state index contributed by atoms with van der Waals surface area (Å²) in [6, 6.07) is 11.6. The van der Waals surface area contributed by atoms with Crippen LogP contribution in [0.5, 0.6) is 0 Å². The minimum atomic E-state index is -3.56. The number of hydrogen-bond donors (Lipinski definition) is 1. The smallest absolute Gasteiger partial charge is 0.242 e. The maximum Gasteiger partial charge on any atom is 0.242 e. The normalized spacial score (nSPS) is 12.2. The van der Waals surface area contributed by atoms with Crippen LogP contribution in [-0.2, 0) is 26.2 Å². The number of halogens is 2. The fourth-order valence-corrected chi connectivity index (χ4v) is 5.64. The summed E-state index contributed by atoms with van der Waals surface area (Å²) in [5, 5.41) is 3.74. The number of benzene rings is 2. The van der Waals surface area contributed by atoms with E-state index in [9.17, 15) is 18.0 Å². The van der Waals surface area contributed by atoms with Crippen LogP contribution in [0.1, 0.15) is 57.1 Å². The van der Waals surface area contributed by atoms with Gasteiger partial charge in [-0.05, 0) is 49.9 Å². The molecule has 2 aromatic carbocycles. The molecule has 0 aromatic heterocycles. The standard InChI is InChI=1S/C27H37Cl2N3O4S/c1-5-7-17-30-27(34)24(6-2)31(19-21-22(28)13-10-14-23(21)29)26(33)16-11-18-32(37(4,35)36)25-15-9-8-12-20(25)3/h8-10,12-15,24H,5-7,11,16-19H2,1-4H3,(H,30,34)/t24-/m1/s1. The van der Waals surface area contributed by atoms with Crippen molar-refractivity contribution in [2.45, 2.75) is 65.5 Å². The summed E-state index contributed by atoms with van der Waals surface area (Å²) in [5.41, 5.74) is 1.97. The molecule has 1 N–H and O–H groups in total. The van der Waals surface area contributed by atoms with Crippen LogP contribution in [0, 0.1) is 6.92 Å². The third-order valence-electron chi connectivity index (χ3n) is 6.14. The number of anilines is 1. The van der Waals surface area contributed by atoms with E-state index < -0.39 is 16.1 Å². The number of rotatable bonds is 14. The van der Waals surface area contributed by atoms with E-state index in [2.05, 4.69) is 5.32 Å². The van der Waals surface area contributed by atoms with E-state index in [-0.39, 0.29) is 37.7 Å². The molecule has 204 valence electrons. The number of carbonyl (C=O) groups excluding carboxylic acids is 2. The monoisotopic (exact) mass is 569 g/mol. The van der Waals surface area contributed by atoms with Gasteiger partial charge in [0.15, 0.2) is 0 Å². The maximum absolute atomic E-state index is 13.5. The predicted octanol–water partition coefficient (Wildman–Crippen LogP) is 5.57. The number of amides is 2. The fraction of sp³-hybridized carbons (Fsp3) is 0.481. The number of unbranched alkanes of at least 4 members (excludes halogenated alkanes) is 1. The topological polar surface area (TPSA) is 86.8 Å². The zero-order valence-electron chi connectivity index (χ0n) is 22.0. The van der Waals surface area contributed by atoms with Crippen molar-refractivity contribution in [3.8, 4) is 0 Å². The van der Waals surface area contributed by atoms with E-state index in [4.69, 9.17) is 23.2 Å². The van der Waals surface area contributed by atoms with E-state index in [0.29, 0.717) is 34.3 Å². The van der Waals surface area contributed by atoms with Gasteiger partial charge < -0.3 is 10.2 Å². The summed E-state index contributed by atoms with van der Waals surface area (Å²) < 4.78 is 26.4. The third-order valence-corrected chi connectivity index (χ3v) is 8.03. The molecular weight excluding hydrogens is 533 g/mol. The van der Waals surface area contributed by atoms with Gasteiger partial charge in [-0.3, -0.25) is 13.9 Å². The molecule has 0 fully saturated rings. The van der Waals surface area contributed by atoms with E-state index in [1.165, 1.54) is 9.21 Å². The lowest BCUT2D eigenvalue weighted by Gasteiger charge is -2.31. The second-order valence-corrected chi connectivity index (χ2v) is 11.7. The van der Waals surface area contributed by atoms with Crippen molar-refractivity contribution in [2.75, 3.05) is 23.7 Å². The number of nitrogens with zero attached hydrogens (tertiary/aromatic N) is 2. The molecule has 0 bridgehead atoms. The summed E-state index contributed by atoms with van der Waals surface area (Å²) in [4.78, 5) is 28.1. The Morgan fingerprint density at radius 3 is 2.22 bits per heavy atom. The van der Waals surface area contributed by atoms with Gasteiger partial charge in [0.05, 0.1) is 11.9 Å². The van der Waals surface area contributed by atoms with Gasteiger partial charge in [0.2, 0.25) is 21.8 Å². The van der Waals surface area contributed by atoms with Gasteiger partial charge in [0.25, 0.3) is 0 Å². The first kappa shape index (κ1) is 30.9. The Labute approximate surface area is 231 Å². The lowest BCUT2D eigenvalue weighted by molar-refractivity contribution is -0.141. The summed E-state index contributed by atoms with van der Waals surface area (Å²) in [7, 11) is -3.56. The minimum absolute atomic E-state index is 0.0543. The number of aryl methyl sites for hydroxylation is 1. The highest BCUT2D eigenvalue weighted by Gasteiger charge is 2.30. The molecule has 0 heterocycles. The van der Waals surface area contributed by atoms with Crippen molar-refractivity contribution in [1.82, 2.24) is 10.2 Å². The number of para-hydroxylation sites is 1. The highest BCUT2D eigenvalue weighted by atomic mass is 35.5. The largest absolute Gasteiger partial charge is 0.354 e. The molecule has 0 saturated heterocycles. The first-order chi connectivity index (χ1) is 17.5. The molecule has 0 spiro atoms. The molecule has 0 aliphatic heterocycles. The van der Waals surface area contributed by atoms with Gasteiger partial charge in [-0.25, -0.2) is 8.42 Å². The van der Waals surface area contributed by atoms with Gasteiger partial charge in [-0.2, -0.15) is 0 Å². The van der Waals surface area contributed by atoms with Gasteiger partial charge in [-0.15, -0.1) is 0 Å². The molecule has 2 aromatic rings. The Balaban J connectivity index is 2.26.